The summed E-state index contributed by atoms with van der Waals surface area (Å²) in [6.07, 6.45) is 5.26. The largest absolute Gasteiger partial charge is 0.480 e. The Bertz CT molecular complexity index is 221. The Morgan fingerprint density at radius 3 is 1.81 bits per heavy atom. The van der Waals surface area contributed by atoms with E-state index in [-0.39, 0.29) is 12.8 Å². The summed E-state index contributed by atoms with van der Waals surface area (Å²) in [6, 6.07) is 0. The minimum atomic E-state index is -1.58. The standard InChI is InChI=1S/C12H22O4/c1-3-5-6-7-8-9-12(4-2,10(13)14)11(15)16/h3-9H2,1-2H3,(H,13,14)(H,15,16). The van der Waals surface area contributed by atoms with Crippen molar-refractivity contribution >= 4 is 11.9 Å². The molecule has 0 heterocycles. The highest BCUT2D eigenvalue weighted by atomic mass is 16.4. The number of carbonyl (C=O) groups is 2. The van der Waals surface area contributed by atoms with Crippen molar-refractivity contribution in [1.82, 2.24) is 0 Å². The lowest BCUT2D eigenvalue weighted by Gasteiger charge is -2.22. The van der Waals surface area contributed by atoms with Crippen LogP contribution in [0, 0.1) is 5.41 Å². The molecule has 0 aromatic carbocycles. The Labute approximate surface area is 96.7 Å². The molecular formula is C12H22O4. The smallest absolute Gasteiger partial charge is 0.321 e. The second kappa shape index (κ2) is 7.25. The highest BCUT2D eigenvalue weighted by Gasteiger charge is 2.44. The number of carboxylic acids is 2. The molecule has 0 spiro atoms. The summed E-state index contributed by atoms with van der Waals surface area (Å²) in [5.41, 5.74) is -1.58. The van der Waals surface area contributed by atoms with Gasteiger partial charge < -0.3 is 10.2 Å². The van der Waals surface area contributed by atoms with Crippen molar-refractivity contribution in [3.63, 3.8) is 0 Å². The van der Waals surface area contributed by atoms with Gasteiger partial charge >= 0.3 is 11.9 Å². The third-order valence-electron chi connectivity index (χ3n) is 3.13. The monoisotopic (exact) mass is 230 g/mol. The van der Waals surface area contributed by atoms with Crippen LogP contribution in [0.25, 0.3) is 0 Å². The van der Waals surface area contributed by atoms with Crippen LogP contribution in [-0.2, 0) is 9.59 Å². The summed E-state index contributed by atoms with van der Waals surface area (Å²) < 4.78 is 0. The molecule has 0 amide bonds. The van der Waals surface area contributed by atoms with Crippen LogP contribution in [0.2, 0.25) is 0 Å². The molecule has 4 heteroatoms. The Kier molecular flexibility index (Phi) is 6.77. The normalized spacial score (nSPS) is 11.4. The van der Waals surface area contributed by atoms with Gasteiger partial charge in [-0.15, -0.1) is 0 Å². The second-order valence-corrected chi connectivity index (χ2v) is 4.21. The van der Waals surface area contributed by atoms with Crippen LogP contribution in [-0.4, -0.2) is 22.2 Å². The van der Waals surface area contributed by atoms with Crippen LogP contribution in [0.15, 0.2) is 0 Å². The highest BCUT2D eigenvalue weighted by Crippen LogP contribution is 2.30. The van der Waals surface area contributed by atoms with Gasteiger partial charge in [-0.05, 0) is 12.8 Å². The molecule has 0 saturated heterocycles. The van der Waals surface area contributed by atoms with E-state index in [9.17, 15) is 9.59 Å². The molecule has 0 aliphatic heterocycles. The van der Waals surface area contributed by atoms with Crippen LogP contribution in [0.5, 0.6) is 0 Å². The van der Waals surface area contributed by atoms with E-state index < -0.39 is 17.4 Å². The van der Waals surface area contributed by atoms with Gasteiger partial charge in [-0.1, -0.05) is 46.0 Å². The average molecular weight is 230 g/mol. The number of aliphatic carboxylic acids is 2. The predicted molar refractivity (Wildman–Crippen MR) is 61.4 cm³/mol. The Morgan fingerprint density at radius 1 is 0.938 bits per heavy atom. The molecule has 0 fully saturated rings. The molecule has 0 atom stereocenters. The maximum Gasteiger partial charge on any atom is 0.321 e. The van der Waals surface area contributed by atoms with Crippen molar-refractivity contribution in [3.8, 4) is 0 Å². The summed E-state index contributed by atoms with van der Waals surface area (Å²) in [5.74, 6) is -2.42. The van der Waals surface area contributed by atoms with E-state index in [1.54, 1.807) is 6.92 Å². The van der Waals surface area contributed by atoms with Gasteiger partial charge in [0.25, 0.3) is 0 Å². The number of carboxylic acid groups (broad SMARTS) is 2. The molecule has 0 aromatic heterocycles. The van der Waals surface area contributed by atoms with Crippen LogP contribution < -0.4 is 0 Å². The van der Waals surface area contributed by atoms with Gasteiger partial charge in [-0.2, -0.15) is 0 Å². The number of hydrogen-bond donors (Lipinski definition) is 2. The minimum absolute atomic E-state index is 0.144. The lowest BCUT2D eigenvalue weighted by molar-refractivity contribution is -0.165. The lowest BCUT2D eigenvalue weighted by atomic mass is 9.80. The number of hydrogen-bond acceptors (Lipinski definition) is 2. The Morgan fingerprint density at radius 2 is 1.44 bits per heavy atom. The first-order chi connectivity index (χ1) is 7.51. The van der Waals surface area contributed by atoms with Crippen molar-refractivity contribution in [1.29, 1.82) is 0 Å². The zero-order valence-corrected chi connectivity index (χ0v) is 10.2. The summed E-state index contributed by atoms with van der Waals surface area (Å²) in [4.78, 5) is 22.1. The fourth-order valence-corrected chi connectivity index (χ4v) is 1.81. The van der Waals surface area contributed by atoms with E-state index in [2.05, 4.69) is 6.92 Å². The molecule has 2 N–H and O–H groups in total. The molecule has 0 aliphatic carbocycles. The fourth-order valence-electron chi connectivity index (χ4n) is 1.81. The SMILES string of the molecule is CCCCCCCC(CC)(C(=O)O)C(=O)O. The molecule has 0 rings (SSSR count). The average Bonchev–Trinajstić information content (AvgIpc) is 2.22. The molecule has 0 radical (unpaired) electrons. The third kappa shape index (κ3) is 3.83. The van der Waals surface area contributed by atoms with Crippen LogP contribution in [0.3, 0.4) is 0 Å². The molecule has 4 nitrogen and oxygen atoms in total. The molecule has 0 aliphatic rings. The van der Waals surface area contributed by atoms with Gasteiger partial charge in [0.05, 0.1) is 0 Å². The number of unbranched alkanes of at least 4 members (excludes halogenated alkanes) is 4. The van der Waals surface area contributed by atoms with Gasteiger partial charge in [0.15, 0.2) is 5.41 Å². The molecule has 94 valence electrons. The first-order valence-corrected chi connectivity index (χ1v) is 5.98. The molecule has 0 saturated carbocycles. The van der Waals surface area contributed by atoms with Gasteiger partial charge in [-0.3, -0.25) is 9.59 Å². The minimum Gasteiger partial charge on any atom is -0.480 e. The first kappa shape index (κ1) is 14.9. The number of rotatable bonds is 9. The second-order valence-electron chi connectivity index (χ2n) is 4.21. The van der Waals surface area contributed by atoms with Gasteiger partial charge in [0.1, 0.15) is 0 Å². The quantitative estimate of drug-likeness (QED) is 0.471. The predicted octanol–water partition coefficient (Wildman–Crippen LogP) is 2.91. The Hall–Kier alpha value is -1.06. The third-order valence-corrected chi connectivity index (χ3v) is 3.13. The summed E-state index contributed by atoms with van der Waals surface area (Å²) in [6.45, 7) is 3.72. The maximum absolute atomic E-state index is 11.0. The van der Waals surface area contributed by atoms with Crippen molar-refractivity contribution in [2.45, 2.75) is 58.8 Å². The van der Waals surface area contributed by atoms with Crippen LogP contribution >= 0.6 is 0 Å². The highest BCUT2D eigenvalue weighted by molar-refractivity contribution is 5.98. The van der Waals surface area contributed by atoms with E-state index in [4.69, 9.17) is 10.2 Å². The molecule has 0 aromatic rings. The van der Waals surface area contributed by atoms with E-state index in [1.165, 1.54) is 0 Å². The zero-order chi connectivity index (χ0) is 12.6. The van der Waals surface area contributed by atoms with E-state index in [1.807, 2.05) is 0 Å². The van der Waals surface area contributed by atoms with Gasteiger partial charge in [-0.25, -0.2) is 0 Å². The van der Waals surface area contributed by atoms with Crippen molar-refractivity contribution in [2.75, 3.05) is 0 Å². The van der Waals surface area contributed by atoms with Gasteiger partial charge in [0.2, 0.25) is 0 Å². The van der Waals surface area contributed by atoms with Crippen molar-refractivity contribution in [3.05, 3.63) is 0 Å². The first-order valence-electron chi connectivity index (χ1n) is 5.98. The van der Waals surface area contributed by atoms with Crippen LogP contribution in [0.1, 0.15) is 58.8 Å². The van der Waals surface area contributed by atoms with Crippen molar-refractivity contribution < 1.29 is 19.8 Å². The van der Waals surface area contributed by atoms with E-state index in [0.717, 1.165) is 25.7 Å². The molecule has 0 unspecified atom stereocenters. The summed E-state index contributed by atoms with van der Waals surface area (Å²) in [5, 5.41) is 18.0. The Balaban J connectivity index is 4.23. The lowest BCUT2D eigenvalue weighted by Crippen LogP contribution is -2.38. The fraction of sp³-hybridized carbons (Fsp3) is 0.833. The maximum atomic E-state index is 11.0. The zero-order valence-electron chi connectivity index (χ0n) is 10.2. The van der Waals surface area contributed by atoms with Gasteiger partial charge in [0, 0.05) is 0 Å². The van der Waals surface area contributed by atoms with E-state index >= 15 is 0 Å². The van der Waals surface area contributed by atoms with Crippen molar-refractivity contribution in [2.24, 2.45) is 5.41 Å². The summed E-state index contributed by atoms with van der Waals surface area (Å²) in [7, 11) is 0. The molecule has 16 heavy (non-hydrogen) atoms. The van der Waals surface area contributed by atoms with Crippen LogP contribution in [0.4, 0.5) is 0 Å². The molecule has 0 bridgehead atoms. The van der Waals surface area contributed by atoms with E-state index in [0.29, 0.717) is 6.42 Å². The topological polar surface area (TPSA) is 74.6 Å². The molecular weight excluding hydrogens is 208 g/mol. The summed E-state index contributed by atoms with van der Waals surface area (Å²) >= 11 is 0.